The predicted molar refractivity (Wildman–Crippen MR) is 58.3 cm³/mol. The largest absolute Gasteiger partial charge is 0.458 e. The van der Waals surface area contributed by atoms with Gasteiger partial charge in [0.2, 0.25) is 5.54 Å². The Labute approximate surface area is 99.5 Å². The monoisotopic (exact) mass is 255 g/mol. The second-order valence-corrected chi connectivity index (χ2v) is 5.57. The van der Waals surface area contributed by atoms with E-state index in [2.05, 4.69) is 0 Å². The smallest absolute Gasteiger partial charge is 0.417 e. The third kappa shape index (κ3) is 4.53. The summed E-state index contributed by atoms with van der Waals surface area (Å²) >= 11 is 0. The Kier molecular flexibility index (Phi) is 4.62. The van der Waals surface area contributed by atoms with Crippen molar-refractivity contribution < 1.29 is 22.7 Å². The van der Waals surface area contributed by atoms with E-state index in [9.17, 15) is 18.0 Å². The summed E-state index contributed by atoms with van der Waals surface area (Å²) in [5.74, 6) is -1.79. The zero-order valence-electron chi connectivity index (χ0n) is 10.8. The molecule has 0 aliphatic heterocycles. The van der Waals surface area contributed by atoms with Crippen LogP contribution in [0.15, 0.2) is 0 Å². The highest BCUT2D eigenvalue weighted by Gasteiger charge is 2.59. The molecule has 6 heteroatoms. The molecule has 0 fully saturated rings. The Balaban J connectivity index is 5.14. The first-order valence-corrected chi connectivity index (χ1v) is 5.38. The van der Waals surface area contributed by atoms with E-state index in [0.717, 1.165) is 0 Å². The Morgan fingerprint density at radius 1 is 1.24 bits per heavy atom. The van der Waals surface area contributed by atoms with Crippen LogP contribution in [-0.2, 0) is 9.53 Å². The van der Waals surface area contributed by atoms with Crippen LogP contribution >= 0.6 is 0 Å². The van der Waals surface area contributed by atoms with E-state index < -0.39 is 29.7 Å². The summed E-state index contributed by atoms with van der Waals surface area (Å²) in [4.78, 5) is 11.6. The summed E-state index contributed by atoms with van der Waals surface area (Å²) in [6, 6.07) is 0. The van der Waals surface area contributed by atoms with Gasteiger partial charge in [-0.3, -0.25) is 0 Å². The molecule has 0 aromatic heterocycles. The van der Waals surface area contributed by atoms with Crippen LogP contribution in [0, 0.1) is 5.92 Å². The topological polar surface area (TPSA) is 52.3 Å². The highest BCUT2D eigenvalue weighted by molar-refractivity contribution is 5.82. The van der Waals surface area contributed by atoms with E-state index in [0.29, 0.717) is 0 Å². The lowest BCUT2D eigenvalue weighted by Crippen LogP contribution is -2.61. The van der Waals surface area contributed by atoms with Crippen molar-refractivity contribution in [3.05, 3.63) is 0 Å². The second kappa shape index (κ2) is 4.84. The van der Waals surface area contributed by atoms with Crippen LogP contribution in [0.4, 0.5) is 13.2 Å². The lowest BCUT2D eigenvalue weighted by Gasteiger charge is -2.33. The number of hydrogen-bond donors (Lipinski definition) is 1. The van der Waals surface area contributed by atoms with E-state index in [1.165, 1.54) is 20.8 Å². The average Bonchev–Trinajstić information content (AvgIpc) is 1.96. The van der Waals surface area contributed by atoms with E-state index in [-0.39, 0.29) is 5.92 Å². The standard InChI is InChI=1S/C11H20F3NO2/c1-7(2)6-10(15,11(12,13)14)8(16)17-9(3,4)5/h7H,6,15H2,1-5H3. The van der Waals surface area contributed by atoms with Crippen LogP contribution in [0.2, 0.25) is 0 Å². The molecule has 0 saturated heterocycles. The predicted octanol–water partition coefficient (Wildman–Crippen LogP) is 2.63. The number of nitrogens with two attached hydrogens (primary N) is 1. The van der Waals surface area contributed by atoms with Crippen molar-refractivity contribution in [3.8, 4) is 0 Å². The van der Waals surface area contributed by atoms with Gasteiger partial charge in [0, 0.05) is 0 Å². The van der Waals surface area contributed by atoms with Crippen LogP contribution in [0.5, 0.6) is 0 Å². The number of carbonyl (C=O) groups is 1. The summed E-state index contributed by atoms with van der Waals surface area (Å²) in [7, 11) is 0. The van der Waals surface area contributed by atoms with Gasteiger partial charge in [0.05, 0.1) is 0 Å². The number of alkyl halides is 3. The quantitative estimate of drug-likeness (QED) is 0.789. The lowest BCUT2D eigenvalue weighted by molar-refractivity contribution is -0.215. The number of ether oxygens (including phenoxy) is 1. The van der Waals surface area contributed by atoms with Gasteiger partial charge in [-0.05, 0) is 33.1 Å². The first kappa shape index (κ1) is 16.2. The third-order valence-electron chi connectivity index (χ3n) is 2.00. The summed E-state index contributed by atoms with van der Waals surface area (Å²) in [5, 5.41) is 0. The molecule has 0 aliphatic rings. The van der Waals surface area contributed by atoms with Gasteiger partial charge in [0.1, 0.15) is 5.60 Å². The fourth-order valence-electron chi connectivity index (χ4n) is 1.33. The Hall–Kier alpha value is -0.780. The van der Waals surface area contributed by atoms with Gasteiger partial charge in [-0.1, -0.05) is 13.8 Å². The van der Waals surface area contributed by atoms with Gasteiger partial charge in [-0.25, -0.2) is 4.79 Å². The summed E-state index contributed by atoms with van der Waals surface area (Å²) in [6.07, 6.45) is -5.31. The molecular weight excluding hydrogens is 235 g/mol. The Morgan fingerprint density at radius 2 is 1.65 bits per heavy atom. The highest BCUT2D eigenvalue weighted by Crippen LogP contribution is 2.35. The van der Waals surface area contributed by atoms with Gasteiger partial charge in [-0.2, -0.15) is 13.2 Å². The van der Waals surface area contributed by atoms with Crippen molar-refractivity contribution in [2.75, 3.05) is 0 Å². The molecule has 3 nitrogen and oxygen atoms in total. The number of rotatable bonds is 3. The molecule has 1 atom stereocenters. The molecule has 0 heterocycles. The minimum Gasteiger partial charge on any atom is -0.458 e. The molecule has 0 spiro atoms. The molecule has 0 aromatic carbocycles. The first-order chi connectivity index (χ1) is 7.29. The van der Waals surface area contributed by atoms with Crippen molar-refractivity contribution in [2.24, 2.45) is 11.7 Å². The van der Waals surface area contributed by atoms with Crippen LogP contribution in [0.25, 0.3) is 0 Å². The van der Waals surface area contributed by atoms with Crippen molar-refractivity contribution in [1.29, 1.82) is 0 Å². The number of hydrogen-bond acceptors (Lipinski definition) is 3. The molecule has 0 rings (SSSR count). The molecule has 0 aliphatic carbocycles. The molecule has 17 heavy (non-hydrogen) atoms. The Morgan fingerprint density at radius 3 is 1.88 bits per heavy atom. The fraction of sp³-hybridized carbons (Fsp3) is 0.909. The van der Waals surface area contributed by atoms with Gasteiger partial charge in [0.15, 0.2) is 0 Å². The molecule has 0 radical (unpaired) electrons. The molecule has 0 amide bonds. The maximum Gasteiger partial charge on any atom is 0.417 e. The van der Waals surface area contributed by atoms with Gasteiger partial charge < -0.3 is 10.5 Å². The molecule has 0 aromatic rings. The van der Waals surface area contributed by atoms with Crippen LogP contribution < -0.4 is 5.73 Å². The zero-order valence-corrected chi connectivity index (χ0v) is 10.8. The van der Waals surface area contributed by atoms with Crippen molar-refractivity contribution in [1.82, 2.24) is 0 Å². The number of carbonyl (C=O) groups excluding carboxylic acids is 1. The third-order valence-corrected chi connectivity index (χ3v) is 2.00. The van der Waals surface area contributed by atoms with Crippen LogP contribution in [0.1, 0.15) is 41.0 Å². The normalized spacial score (nSPS) is 16.8. The van der Waals surface area contributed by atoms with E-state index in [1.807, 2.05) is 0 Å². The van der Waals surface area contributed by atoms with Gasteiger partial charge >= 0.3 is 12.1 Å². The highest BCUT2D eigenvalue weighted by atomic mass is 19.4. The molecular formula is C11H20F3NO2. The van der Waals surface area contributed by atoms with E-state index >= 15 is 0 Å². The second-order valence-electron chi connectivity index (χ2n) is 5.57. The van der Waals surface area contributed by atoms with Crippen LogP contribution in [-0.4, -0.2) is 23.3 Å². The molecule has 102 valence electrons. The summed E-state index contributed by atoms with van der Waals surface area (Å²) < 4.78 is 43.3. The van der Waals surface area contributed by atoms with Crippen molar-refractivity contribution >= 4 is 5.97 Å². The van der Waals surface area contributed by atoms with Gasteiger partial charge in [-0.15, -0.1) is 0 Å². The van der Waals surface area contributed by atoms with Crippen molar-refractivity contribution in [3.63, 3.8) is 0 Å². The van der Waals surface area contributed by atoms with Crippen LogP contribution in [0.3, 0.4) is 0 Å². The first-order valence-electron chi connectivity index (χ1n) is 5.38. The summed E-state index contributed by atoms with van der Waals surface area (Å²) in [6.45, 7) is 7.63. The maximum absolute atomic E-state index is 12.9. The average molecular weight is 255 g/mol. The minimum absolute atomic E-state index is 0.367. The SMILES string of the molecule is CC(C)CC(N)(C(=O)OC(C)(C)C)C(F)(F)F. The zero-order chi connectivity index (χ0) is 14.1. The number of esters is 1. The fourth-order valence-corrected chi connectivity index (χ4v) is 1.33. The molecule has 1 unspecified atom stereocenters. The van der Waals surface area contributed by atoms with E-state index in [4.69, 9.17) is 10.5 Å². The van der Waals surface area contributed by atoms with Crippen molar-refractivity contribution in [2.45, 2.75) is 58.4 Å². The summed E-state index contributed by atoms with van der Waals surface area (Å²) in [5.41, 5.74) is 1.30. The Bertz CT molecular complexity index is 281. The van der Waals surface area contributed by atoms with Gasteiger partial charge in [0.25, 0.3) is 0 Å². The maximum atomic E-state index is 12.9. The molecule has 0 saturated carbocycles. The molecule has 2 N–H and O–H groups in total. The van der Waals surface area contributed by atoms with E-state index in [1.54, 1.807) is 13.8 Å². The molecule has 0 bridgehead atoms. The lowest BCUT2D eigenvalue weighted by atomic mass is 9.89. The number of halogens is 3. The minimum atomic E-state index is -4.82.